The molecule has 5 nitrogen and oxygen atoms in total. The highest BCUT2D eigenvalue weighted by Crippen LogP contribution is 2.35. The van der Waals surface area contributed by atoms with E-state index in [9.17, 15) is 9.18 Å². The molecule has 0 amide bonds. The number of carbonyl (C=O) groups is 1. The van der Waals surface area contributed by atoms with Gasteiger partial charge < -0.3 is 9.73 Å². The normalized spacial score (nSPS) is 17.1. The Bertz CT molecular complexity index is 837. The average Bonchev–Trinajstić information content (AvgIpc) is 3.20. The lowest BCUT2D eigenvalue weighted by Gasteiger charge is -2.19. The predicted octanol–water partition coefficient (Wildman–Crippen LogP) is 3.80. The average molecular weight is 311 g/mol. The molecule has 0 spiro atoms. The standard InChI is InChI=1S/C17H14FN3O2/c18-11-3-5-12(6-4-11)19-17-16-13(20-21-17)8-10(9-14(16)22)15-2-1-7-23-15/h1-7,10H,8-9H2,(H2,19,20,21). The van der Waals surface area contributed by atoms with Crippen LogP contribution in [0.2, 0.25) is 0 Å². The summed E-state index contributed by atoms with van der Waals surface area (Å²) >= 11 is 0. The van der Waals surface area contributed by atoms with Gasteiger partial charge in [-0.3, -0.25) is 9.89 Å². The van der Waals surface area contributed by atoms with Crippen LogP contribution in [0.1, 0.15) is 34.2 Å². The molecule has 1 atom stereocenters. The van der Waals surface area contributed by atoms with Gasteiger partial charge in [0.05, 0.1) is 11.8 Å². The van der Waals surface area contributed by atoms with E-state index in [4.69, 9.17) is 4.42 Å². The Labute approximate surface area is 131 Å². The van der Waals surface area contributed by atoms with Crippen molar-refractivity contribution in [2.45, 2.75) is 18.8 Å². The third kappa shape index (κ3) is 2.52. The summed E-state index contributed by atoms with van der Waals surface area (Å²) in [6, 6.07) is 9.64. The van der Waals surface area contributed by atoms with Crippen molar-refractivity contribution in [3.05, 3.63) is 65.5 Å². The molecule has 0 bridgehead atoms. The van der Waals surface area contributed by atoms with E-state index in [-0.39, 0.29) is 17.5 Å². The number of carbonyl (C=O) groups excluding carboxylic acids is 1. The largest absolute Gasteiger partial charge is 0.469 e. The predicted molar refractivity (Wildman–Crippen MR) is 82.4 cm³/mol. The van der Waals surface area contributed by atoms with Crippen LogP contribution in [0.5, 0.6) is 0 Å². The second-order valence-electron chi connectivity index (χ2n) is 5.60. The Morgan fingerprint density at radius 2 is 2.04 bits per heavy atom. The van der Waals surface area contributed by atoms with Crippen LogP contribution in [-0.2, 0) is 6.42 Å². The van der Waals surface area contributed by atoms with Crippen LogP contribution >= 0.6 is 0 Å². The molecule has 2 N–H and O–H groups in total. The number of rotatable bonds is 3. The summed E-state index contributed by atoms with van der Waals surface area (Å²) in [6.07, 6.45) is 2.68. The molecule has 2 aromatic heterocycles. The molecule has 0 aliphatic heterocycles. The van der Waals surface area contributed by atoms with Crippen molar-refractivity contribution in [2.75, 3.05) is 5.32 Å². The van der Waals surface area contributed by atoms with Crippen molar-refractivity contribution in [2.24, 2.45) is 0 Å². The number of benzene rings is 1. The first kappa shape index (κ1) is 13.8. The van der Waals surface area contributed by atoms with Crippen molar-refractivity contribution in [1.82, 2.24) is 10.2 Å². The lowest BCUT2D eigenvalue weighted by molar-refractivity contribution is 0.0961. The Hall–Kier alpha value is -2.89. The molecule has 6 heteroatoms. The first-order valence-corrected chi connectivity index (χ1v) is 7.37. The smallest absolute Gasteiger partial charge is 0.169 e. The van der Waals surface area contributed by atoms with E-state index in [0.29, 0.717) is 29.9 Å². The van der Waals surface area contributed by atoms with Crippen molar-refractivity contribution < 1.29 is 13.6 Å². The Kier molecular flexibility index (Phi) is 3.22. The summed E-state index contributed by atoms with van der Waals surface area (Å²) in [5.74, 6) is 1.04. The van der Waals surface area contributed by atoms with Gasteiger partial charge in [-0.05, 0) is 36.4 Å². The van der Waals surface area contributed by atoms with Crippen LogP contribution in [0.3, 0.4) is 0 Å². The molecule has 0 saturated heterocycles. The third-order valence-corrected chi connectivity index (χ3v) is 4.05. The van der Waals surface area contributed by atoms with E-state index in [0.717, 1.165) is 11.5 Å². The zero-order chi connectivity index (χ0) is 15.8. The summed E-state index contributed by atoms with van der Waals surface area (Å²) in [5, 5.41) is 10.2. The molecule has 4 rings (SSSR count). The monoisotopic (exact) mass is 311 g/mol. The summed E-state index contributed by atoms with van der Waals surface area (Å²) in [6.45, 7) is 0. The zero-order valence-electron chi connectivity index (χ0n) is 12.2. The van der Waals surface area contributed by atoms with Gasteiger partial charge in [-0.1, -0.05) is 0 Å². The quantitative estimate of drug-likeness (QED) is 0.772. The van der Waals surface area contributed by atoms with Crippen molar-refractivity contribution in [3.63, 3.8) is 0 Å². The maximum Gasteiger partial charge on any atom is 0.169 e. The number of aromatic nitrogens is 2. The lowest BCUT2D eigenvalue weighted by Crippen LogP contribution is -2.18. The second kappa shape index (κ2) is 5.39. The van der Waals surface area contributed by atoms with E-state index < -0.39 is 0 Å². The van der Waals surface area contributed by atoms with Crippen LogP contribution in [-0.4, -0.2) is 16.0 Å². The minimum absolute atomic E-state index is 0.0195. The Balaban J connectivity index is 1.61. The SMILES string of the molecule is O=C1CC(c2ccco2)Cc2[nH]nc(Nc3ccc(F)cc3)c21. The Morgan fingerprint density at radius 1 is 1.22 bits per heavy atom. The number of furan rings is 1. The van der Waals surface area contributed by atoms with E-state index in [2.05, 4.69) is 15.5 Å². The number of hydrogen-bond donors (Lipinski definition) is 2. The van der Waals surface area contributed by atoms with Crippen molar-refractivity contribution >= 4 is 17.3 Å². The van der Waals surface area contributed by atoms with Gasteiger partial charge >= 0.3 is 0 Å². The van der Waals surface area contributed by atoms with Gasteiger partial charge in [0.15, 0.2) is 11.6 Å². The number of fused-ring (bicyclic) bond motifs is 1. The number of aromatic amines is 1. The van der Waals surface area contributed by atoms with Gasteiger partial charge in [-0.25, -0.2) is 4.39 Å². The molecule has 1 aromatic carbocycles. The van der Waals surface area contributed by atoms with E-state index in [1.807, 2.05) is 12.1 Å². The van der Waals surface area contributed by atoms with E-state index in [1.54, 1.807) is 18.4 Å². The first-order chi connectivity index (χ1) is 11.2. The maximum atomic E-state index is 13.0. The molecule has 0 saturated carbocycles. The van der Waals surface area contributed by atoms with Gasteiger partial charge in [0, 0.05) is 30.1 Å². The number of ketones is 1. The van der Waals surface area contributed by atoms with Gasteiger partial charge in [0.2, 0.25) is 0 Å². The van der Waals surface area contributed by atoms with Crippen molar-refractivity contribution in [3.8, 4) is 0 Å². The highest BCUT2D eigenvalue weighted by Gasteiger charge is 2.32. The molecular weight excluding hydrogens is 297 g/mol. The number of Topliss-reactive ketones (excluding diaryl/α,β-unsaturated/α-hetero) is 1. The van der Waals surface area contributed by atoms with Crippen molar-refractivity contribution in [1.29, 1.82) is 0 Å². The number of hydrogen-bond acceptors (Lipinski definition) is 4. The first-order valence-electron chi connectivity index (χ1n) is 7.37. The zero-order valence-corrected chi connectivity index (χ0v) is 12.2. The molecule has 0 radical (unpaired) electrons. The summed E-state index contributed by atoms with van der Waals surface area (Å²) in [7, 11) is 0. The molecule has 1 aliphatic carbocycles. The Morgan fingerprint density at radius 3 is 2.78 bits per heavy atom. The molecule has 1 aliphatic rings. The number of H-pyrrole nitrogens is 1. The second-order valence-corrected chi connectivity index (χ2v) is 5.60. The topological polar surface area (TPSA) is 70.9 Å². The van der Waals surface area contributed by atoms with Crippen LogP contribution in [0.25, 0.3) is 0 Å². The molecule has 1 unspecified atom stereocenters. The molecular formula is C17H14FN3O2. The molecule has 23 heavy (non-hydrogen) atoms. The van der Waals surface area contributed by atoms with Gasteiger partial charge in [-0.2, -0.15) is 5.10 Å². The minimum atomic E-state index is -0.308. The fourth-order valence-corrected chi connectivity index (χ4v) is 2.96. The van der Waals surface area contributed by atoms with Crippen LogP contribution in [0.4, 0.5) is 15.9 Å². The number of nitrogens with one attached hydrogen (secondary N) is 2. The highest BCUT2D eigenvalue weighted by atomic mass is 19.1. The fourth-order valence-electron chi connectivity index (χ4n) is 2.96. The van der Waals surface area contributed by atoms with E-state index >= 15 is 0 Å². The fraction of sp³-hybridized carbons (Fsp3) is 0.176. The summed E-state index contributed by atoms with van der Waals surface area (Å²) in [5.41, 5.74) is 2.06. The summed E-state index contributed by atoms with van der Waals surface area (Å²) < 4.78 is 18.4. The molecule has 116 valence electrons. The van der Waals surface area contributed by atoms with Gasteiger partial charge in [-0.15, -0.1) is 0 Å². The van der Waals surface area contributed by atoms with Gasteiger partial charge in [0.1, 0.15) is 11.6 Å². The van der Waals surface area contributed by atoms with Crippen LogP contribution < -0.4 is 5.32 Å². The number of anilines is 2. The lowest BCUT2D eigenvalue weighted by atomic mass is 9.85. The highest BCUT2D eigenvalue weighted by molar-refractivity contribution is 6.03. The maximum absolute atomic E-state index is 13.0. The van der Waals surface area contributed by atoms with Gasteiger partial charge in [0.25, 0.3) is 0 Å². The van der Waals surface area contributed by atoms with E-state index in [1.165, 1.54) is 12.1 Å². The molecule has 3 aromatic rings. The van der Waals surface area contributed by atoms with Crippen LogP contribution in [0.15, 0.2) is 47.1 Å². The number of nitrogens with zero attached hydrogens (tertiary/aromatic N) is 1. The molecule has 2 heterocycles. The molecule has 0 fully saturated rings. The number of halogens is 1. The third-order valence-electron chi connectivity index (χ3n) is 4.05. The summed E-state index contributed by atoms with van der Waals surface area (Å²) in [4.78, 5) is 12.5. The van der Waals surface area contributed by atoms with Crippen LogP contribution in [0, 0.1) is 5.82 Å². The minimum Gasteiger partial charge on any atom is -0.469 e.